The van der Waals surface area contributed by atoms with Gasteiger partial charge in [0.15, 0.2) is 0 Å². The maximum Gasteiger partial charge on any atom is 0.349 e. The number of ether oxygens (including phenoxy) is 2. The predicted molar refractivity (Wildman–Crippen MR) is 122 cm³/mol. The number of hydrogen-bond acceptors (Lipinski definition) is 7. The van der Waals surface area contributed by atoms with Crippen molar-refractivity contribution in [3.63, 3.8) is 0 Å². The SMILES string of the molecule is O=C(O[C@@H](C(=O)O)[C@@H](OC(=O)c1ccc(Cl)cc1)C(=O)Nc1cccnc1)c1ccc(Cl)cc1. The number of carbonyl (C=O) groups is 4. The molecular formula is C23H16Cl2N2O7. The molecule has 174 valence electrons. The van der Waals surface area contributed by atoms with Gasteiger partial charge in [0, 0.05) is 16.2 Å². The molecule has 0 unspecified atom stereocenters. The number of halogens is 2. The molecule has 2 aromatic carbocycles. The van der Waals surface area contributed by atoms with E-state index in [4.69, 9.17) is 32.7 Å². The van der Waals surface area contributed by atoms with Crippen molar-refractivity contribution < 1.29 is 33.8 Å². The van der Waals surface area contributed by atoms with Gasteiger partial charge in [0.25, 0.3) is 5.91 Å². The van der Waals surface area contributed by atoms with Gasteiger partial charge in [-0.2, -0.15) is 0 Å². The van der Waals surface area contributed by atoms with Crippen molar-refractivity contribution in [2.24, 2.45) is 0 Å². The first kappa shape index (κ1) is 24.7. The van der Waals surface area contributed by atoms with Crippen LogP contribution in [-0.4, -0.2) is 46.1 Å². The van der Waals surface area contributed by atoms with Crippen LogP contribution in [0.1, 0.15) is 20.7 Å². The second kappa shape index (κ2) is 11.3. The van der Waals surface area contributed by atoms with E-state index >= 15 is 0 Å². The van der Waals surface area contributed by atoms with Crippen LogP contribution in [0, 0.1) is 0 Å². The smallest absolute Gasteiger partial charge is 0.349 e. The number of rotatable bonds is 8. The van der Waals surface area contributed by atoms with Crippen molar-refractivity contribution in [1.29, 1.82) is 0 Å². The summed E-state index contributed by atoms with van der Waals surface area (Å²) in [5.74, 6) is -4.85. The number of esters is 2. The highest BCUT2D eigenvalue weighted by atomic mass is 35.5. The summed E-state index contributed by atoms with van der Waals surface area (Å²) in [4.78, 5) is 53.9. The lowest BCUT2D eigenvalue weighted by Gasteiger charge is -2.23. The van der Waals surface area contributed by atoms with Crippen molar-refractivity contribution in [2.45, 2.75) is 12.2 Å². The van der Waals surface area contributed by atoms with E-state index in [1.807, 2.05) is 0 Å². The summed E-state index contributed by atoms with van der Waals surface area (Å²) in [6.45, 7) is 0. The van der Waals surface area contributed by atoms with Gasteiger partial charge in [-0.1, -0.05) is 23.2 Å². The van der Waals surface area contributed by atoms with E-state index in [1.165, 1.54) is 73.1 Å². The maximum atomic E-state index is 12.9. The highest BCUT2D eigenvalue weighted by molar-refractivity contribution is 6.31. The molecule has 1 heterocycles. The van der Waals surface area contributed by atoms with Gasteiger partial charge in [-0.05, 0) is 60.7 Å². The third kappa shape index (κ3) is 6.53. The molecule has 3 rings (SSSR count). The van der Waals surface area contributed by atoms with Crippen LogP contribution in [-0.2, 0) is 19.1 Å². The zero-order valence-corrected chi connectivity index (χ0v) is 18.7. The summed E-state index contributed by atoms with van der Waals surface area (Å²) < 4.78 is 10.3. The van der Waals surface area contributed by atoms with E-state index in [0.29, 0.717) is 10.0 Å². The summed E-state index contributed by atoms with van der Waals surface area (Å²) in [6.07, 6.45) is -1.46. The Bertz CT molecular complexity index is 1190. The van der Waals surface area contributed by atoms with Gasteiger partial charge in [0.2, 0.25) is 12.2 Å². The molecule has 0 aliphatic carbocycles. The average Bonchev–Trinajstić information content (AvgIpc) is 2.82. The molecule has 0 radical (unpaired) electrons. The van der Waals surface area contributed by atoms with E-state index in [9.17, 15) is 24.3 Å². The molecule has 0 spiro atoms. The largest absolute Gasteiger partial charge is 0.478 e. The number of carboxylic acids is 1. The van der Waals surface area contributed by atoms with Crippen LogP contribution in [0.5, 0.6) is 0 Å². The van der Waals surface area contributed by atoms with E-state index in [2.05, 4.69) is 10.3 Å². The van der Waals surface area contributed by atoms with Gasteiger partial charge < -0.3 is 19.9 Å². The first-order valence-electron chi connectivity index (χ1n) is 9.61. The van der Waals surface area contributed by atoms with Crippen LogP contribution in [0.25, 0.3) is 0 Å². The summed E-state index contributed by atoms with van der Waals surface area (Å²) in [5, 5.41) is 12.8. The number of amides is 1. The number of aromatic nitrogens is 1. The number of benzene rings is 2. The number of pyridine rings is 1. The van der Waals surface area contributed by atoms with E-state index in [-0.39, 0.29) is 16.8 Å². The fourth-order valence-electron chi connectivity index (χ4n) is 2.68. The first-order valence-corrected chi connectivity index (χ1v) is 10.4. The average molecular weight is 503 g/mol. The van der Waals surface area contributed by atoms with Crippen molar-refractivity contribution in [2.75, 3.05) is 5.32 Å². The topological polar surface area (TPSA) is 132 Å². The molecule has 2 N–H and O–H groups in total. The number of hydrogen-bond donors (Lipinski definition) is 2. The maximum absolute atomic E-state index is 12.9. The molecule has 0 saturated heterocycles. The van der Waals surface area contributed by atoms with Gasteiger partial charge in [-0.25, -0.2) is 14.4 Å². The van der Waals surface area contributed by atoms with Gasteiger partial charge >= 0.3 is 17.9 Å². The Morgan fingerprint density at radius 2 is 1.29 bits per heavy atom. The highest BCUT2D eigenvalue weighted by Gasteiger charge is 2.41. The summed E-state index contributed by atoms with van der Waals surface area (Å²) in [5.41, 5.74) is 0.177. The van der Waals surface area contributed by atoms with Crippen LogP contribution < -0.4 is 5.32 Å². The molecule has 0 bridgehead atoms. The minimum Gasteiger partial charge on any atom is -0.478 e. The van der Waals surface area contributed by atoms with Gasteiger partial charge in [0.05, 0.1) is 23.0 Å². The number of nitrogens with one attached hydrogen (secondary N) is 1. The predicted octanol–water partition coefficient (Wildman–Crippen LogP) is 3.86. The zero-order chi connectivity index (χ0) is 24.7. The monoisotopic (exact) mass is 502 g/mol. The molecule has 1 amide bonds. The third-order valence-corrected chi connectivity index (χ3v) is 4.84. The Kier molecular flexibility index (Phi) is 8.18. The first-order chi connectivity index (χ1) is 16.2. The number of carboxylic acid groups (broad SMARTS) is 1. The molecule has 2 atom stereocenters. The molecule has 34 heavy (non-hydrogen) atoms. The van der Waals surface area contributed by atoms with Crippen LogP contribution in [0.3, 0.4) is 0 Å². The summed E-state index contributed by atoms with van der Waals surface area (Å²) in [7, 11) is 0. The zero-order valence-electron chi connectivity index (χ0n) is 17.2. The molecule has 11 heteroatoms. The Labute approximate surface area is 203 Å². The lowest BCUT2D eigenvalue weighted by molar-refractivity contribution is -0.157. The molecule has 9 nitrogen and oxygen atoms in total. The van der Waals surface area contributed by atoms with Crippen LogP contribution in [0.4, 0.5) is 5.69 Å². The van der Waals surface area contributed by atoms with Crippen molar-refractivity contribution in [1.82, 2.24) is 4.98 Å². The fourth-order valence-corrected chi connectivity index (χ4v) is 2.94. The Morgan fingerprint density at radius 1 is 0.794 bits per heavy atom. The standard InChI is InChI=1S/C23H16Cl2N2O7/c24-15-7-3-13(4-8-15)22(31)33-18(20(28)27-17-2-1-11-26-12-17)19(21(29)30)34-23(32)14-5-9-16(25)10-6-14/h1-12,18-19H,(H,27,28)(H,29,30)/t18-,19-/m1/s1. The number of nitrogens with zero attached hydrogens (tertiary/aromatic N) is 1. The second-order valence-corrected chi connectivity index (χ2v) is 7.61. The molecule has 0 fully saturated rings. The molecule has 3 aromatic rings. The van der Waals surface area contributed by atoms with Crippen LogP contribution in [0.15, 0.2) is 73.1 Å². The molecule has 0 aliphatic heterocycles. The lowest BCUT2D eigenvalue weighted by Crippen LogP contribution is -2.48. The number of anilines is 1. The Morgan fingerprint density at radius 3 is 1.74 bits per heavy atom. The third-order valence-electron chi connectivity index (χ3n) is 4.33. The van der Waals surface area contributed by atoms with E-state index < -0.39 is 36.0 Å². The fraction of sp³-hybridized carbons (Fsp3) is 0.0870. The highest BCUT2D eigenvalue weighted by Crippen LogP contribution is 2.17. The van der Waals surface area contributed by atoms with Crippen LogP contribution >= 0.6 is 23.2 Å². The van der Waals surface area contributed by atoms with Crippen molar-refractivity contribution >= 4 is 52.7 Å². The minimum atomic E-state index is -2.17. The Hall–Kier alpha value is -3.95. The lowest BCUT2D eigenvalue weighted by atomic mass is 10.1. The van der Waals surface area contributed by atoms with Gasteiger partial charge in [-0.3, -0.25) is 9.78 Å². The summed E-state index contributed by atoms with van der Waals surface area (Å²) in [6, 6.07) is 13.9. The van der Waals surface area contributed by atoms with Gasteiger partial charge in [-0.15, -0.1) is 0 Å². The number of aliphatic carboxylic acids is 1. The molecule has 0 saturated carbocycles. The van der Waals surface area contributed by atoms with E-state index in [1.54, 1.807) is 0 Å². The molecule has 0 aliphatic rings. The normalized spacial score (nSPS) is 12.2. The van der Waals surface area contributed by atoms with Crippen molar-refractivity contribution in [3.8, 4) is 0 Å². The van der Waals surface area contributed by atoms with Crippen molar-refractivity contribution in [3.05, 3.63) is 94.2 Å². The van der Waals surface area contributed by atoms with Crippen LogP contribution in [0.2, 0.25) is 10.0 Å². The molecular weight excluding hydrogens is 487 g/mol. The minimum absolute atomic E-state index is 0.00301. The summed E-state index contributed by atoms with van der Waals surface area (Å²) >= 11 is 11.6. The number of carbonyl (C=O) groups excluding carboxylic acids is 3. The quantitative estimate of drug-likeness (QED) is 0.443. The molecule has 1 aromatic heterocycles. The van der Waals surface area contributed by atoms with E-state index in [0.717, 1.165) is 0 Å². The van der Waals surface area contributed by atoms with Gasteiger partial charge in [0.1, 0.15) is 0 Å². The second-order valence-electron chi connectivity index (χ2n) is 6.73. The Balaban J connectivity index is 1.89.